The first-order valence-electron chi connectivity index (χ1n) is 4.97. The van der Waals surface area contributed by atoms with Gasteiger partial charge in [0.1, 0.15) is 11.5 Å². The Bertz CT molecular complexity index is 597. The summed E-state index contributed by atoms with van der Waals surface area (Å²) in [6, 6.07) is 15.9. The molecule has 0 saturated heterocycles. The summed E-state index contributed by atoms with van der Waals surface area (Å²) < 4.78 is 5.79. The molecule has 1 nitrogen and oxygen atoms in total. The summed E-state index contributed by atoms with van der Waals surface area (Å²) in [5.74, 6) is 1.81. The van der Waals surface area contributed by atoms with Crippen LogP contribution >= 0.6 is 0 Å². The van der Waals surface area contributed by atoms with Gasteiger partial charge in [0.25, 0.3) is 0 Å². The van der Waals surface area contributed by atoms with Crippen LogP contribution in [0.3, 0.4) is 0 Å². The minimum atomic E-state index is 0.881. The summed E-state index contributed by atoms with van der Waals surface area (Å²) in [5.41, 5.74) is 0. The quantitative estimate of drug-likeness (QED) is 0.711. The molecule has 0 atom stereocenters. The fourth-order valence-corrected chi connectivity index (χ4v) is 1.67. The Morgan fingerprint density at radius 2 is 1.60 bits per heavy atom. The molecule has 0 amide bonds. The molecule has 0 N–H and O–H groups in total. The highest BCUT2D eigenvalue weighted by Crippen LogP contribution is 2.16. The smallest absolute Gasteiger partial charge is 0.135 e. The van der Waals surface area contributed by atoms with Crippen molar-refractivity contribution in [1.29, 1.82) is 0 Å². The van der Waals surface area contributed by atoms with Crippen LogP contribution in [-0.4, -0.2) is 0 Å². The zero-order valence-electron chi connectivity index (χ0n) is 8.18. The van der Waals surface area contributed by atoms with Crippen molar-refractivity contribution in [2.24, 2.45) is 0 Å². The fourth-order valence-electron chi connectivity index (χ4n) is 1.67. The van der Waals surface area contributed by atoms with Gasteiger partial charge in [0.15, 0.2) is 0 Å². The fraction of sp³-hybridized carbons (Fsp3) is 0. The van der Waals surface area contributed by atoms with Crippen LogP contribution in [0.5, 0.6) is 11.5 Å². The van der Waals surface area contributed by atoms with Crippen molar-refractivity contribution >= 4 is 12.2 Å². The Morgan fingerprint density at radius 1 is 0.733 bits per heavy atom. The van der Waals surface area contributed by atoms with Gasteiger partial charge in [-0.3, -0.25) is 0 Å². The van der Waals surface area contributed by atoms with Crippen molar-refractivity contribution in [1.82, 2.24) is 0 Å². The average molecular weight is 194 g/mol. The van der Waals surface area contributed by atoms with E-state index in [1.54, 1.807) is 0 Å². The maximum atomic E-state index is 5.79. The summed E-state index contributed by atoms with van der Waals surface area (Å²) >= 11 is 0. The maximum absolute atomic E-state index is 5.79. The van der Waals surface area contributed by atoms with Crippen molar-refractivity contribution in [3.8, 4) is 11.5 Å². The monoisotopic (exact) mass is 194 g/mol. The lowest BCUT2D eigenvalue weighted by atomic mass is 10.1. The number of rotatable bonds is 2. The number of hydrogen-bond acceptors (Lipinski definition) is 1. The molecule has 0 aliphatic heterocycles. The van der Waals surface area contributed by atoms with E-state index in [-0.39, 0.29) is 0 Å². The standard InChI is InChI=1S/C14H10O/c1-2-6-12(7-3-1)15-14-8-4-5-11-9-10-13(11)14/h1-10H. The maximum Gasteiger partial charge on any atom is 0.135 e. The van der Waals surface area contributed by atoms with E-state index in [2.05, 4.69) is 18.2 Å². The summed E-state index contributed by atoms with van der Waals surface area (Å²) in [6.07, 6.45) is 4.17. The number of ether oxygens (including phenoxy) is 1. The molecule has 72 valence electrons. The Labute approximate surface area is 87.9 Å². The van der Waals surface area contributed by atoms with Crippen molar-refractivity contribution in [3.05, 3.63) is 59.0 Å². The lowest BCUT2D eigenvalue weighted by Gasteiger charge is -2.08. The number of benzene rings is 2. The summed E-state index contributed by atoms with van der Waals surface area (Å²) in [4.78, 5) is 0. The Kier molecular flexibility index (Phi) is 1.82. The molecule has 15 heavy (non-hydrogen) atoms. The van der Waals surface area contributed by atoms with E-state index in [1.807, 2.05) is 42.5 Å². The van der Waals surface area contributed by atoms with Gasteiger partial charge in [0, 0.05) is 5.22 Å². The van der Waals surface area contributed by atoms with E-state index >= 15 is 0 Å². The van der Waals surface area contributed by atoms with Crippen LogP contribution in [0.1, 0.15) is 0 Å². The molecule has 0 fully saturated rings. The highest BCUT2D eigenvalue weighted by molar-refractivity contribution is 5.70. The van der Waals surface area contributed by atoms with Gasteiger partial charge in [-0.15, -0.1) is 0 Å². The second-order valence-corrected chi connectivity index (χ2v) is 3.51. The Balaban J connectivity index is 2.00. The molecule has 2 aromatic rings. The molecule has 0 bridgehead atoms. The lowest BCUT2D eigenvalue weighted by Crippen LogP contribution is -2.30. The first-order valence-corrected chi connectivity index (χ1v) is 4.97. The number of para-hydroxylation sites is 1. The topological polar surface area (TPSA) is 9.23 Å². The normalized spacial score (nSPS) is 11.7. The molecule has 0 saturated carbocycles. The van der Waals surface area contributed by atoms with E-state index in [0.717, 1.165) is 11.5 Å². The van der Waals surface area contributed by atoms with Gasteiger partial charge in [0.05, 0.1) is 0 Å². The molecule has 1 aliphatic carbocycles. The van der Waals surface area contributed by atoms with Crippen molar-refractivity contribution in [2.45, 2.75) is 0 Å². The molecule has 1 heteroatoms. The Morgan fingerprint density at radius 3 is 2.33 bits per heavy atom. The predicted molar refractivity (Wildman–Crippen MR) is 61.1 cm³/mol. The van der Waals surface area contributed by atoms with E-state index < -0.39 is 0 Å². The van der Waals surface area contributed by atoms with Crippen LogP contribution in [0.4, 0.5) is 0 Å². The number of hydrogen-bond donors (Lipinski definition) is 0. The molecular formula is C14H10O. The van der Waals surface area contributed by atoms with Gasteiger partial charge >= 0.3 is 0 Å². The van der Waals surface area contributed by atoms with Gasteiger partial charge in [0.2, 0.25) is 0 Å². The predicted octanol–water partition coefficient (Wildman–Crippen LogP) is 2.05. The minimum Gasteiger partial charge on any atom is -0.457 e. The van der Waals surface area contributed by atoms with Crippen molar-refractivity contribution in [2.75, 3.05) is 0 Å². The third kappa shape index (κ3) is 1.42. The lowest BCUT2D eigenvalue weighted by molar-refractivity contribution is 0.478. The van der Waals surface area contributed by atoms with Gasteiger partial charge < -0.3 is 4.74 Å². The molecule has 0 aromatic heterocycles. The van der Waals surface area contributed by atoms with Gasteiger partial charge in [-0.1, -0.05) is 42.5 Å². The summed E-state index contributed by atoms with van der Waals surface area (Å²) in [7, 11) is 0. The van der Waals surface area contributed by atoms with Crippen LogP contribution in [0.2, 0.25) is 0 Å². The molecule has 0 unspecified atom stereocenters. The third-order valence-electron chi connectivity index (χ3n) is 2.50. The van der Waals surface area contributed by atoms with Crippen LogP contribution in [-0.2, 0) is 0 Å². The minimum absolute atomic E-state index is 0.881. The third-order valence-corrected chi connectivity index (χ3v) is 2.50. The zero-order valence-corrected chi connectivity index (χ0v) is 8.18. The zero-order chi connectivity index (χ0) is 10.1. The SMILES string of the molecule is C1=c2cccc(Oc3ccccc3)c2=C1. The second kappa shape index (κ2) is 3.28. The number of fused-ring (bicyclic) bond motifs is 1. The average Bonchev–Trinajstić information content (AvgIpc) is 2.22. The van der Waals surface area contributed by atoms with E-state index in [4.69, 9.17) is 4.74 Å². The first-order chi connectivity index (χ1) is 7.43. The highest BCUT2D eigenvalue weighted by Gasteiger charge is 2.02. The van der Waals surface area contributed by atoms with Gasteiger partial charge in [-0.25, -0.2) is 0 Å². The van der Waals surface area contributed by atoms with Crippen molar-refractivity contribution in [3.63, 3.8) is 0 Å². The van der Waals surface area contributed by atoms with Crippen LogP contribution < -0.4 is 15.2 Å². The summed E-state index contributed by atoms with van der Waals surface area (Å²) in [6.45, 7) is 0. The first kappa shape index (κ1) is 8.30. The van der Waals surface area contributed by atoms with Crippen LogP contribution in [0.25, 0.3) is 12.2 Å². The highest BCUT2D eigenvalue weighted by atomic mass is 16.5. The van der Waals surface area contributed by atoms with Crippen LogP contribution in [0, 0.1) is 0 Å². The van der Waals surface area contributed by atoms with Gasteiger partial charge in [-0.2, -0.15) is 0 Å². The van der Waals surface area contributed by atoms with E-state index in [1.165, 1.54) is 10.4 Å². The van der Waals surface area contributed by atoms with Gasteiger partial charge in [-0.05, 0) is 23.4 Å². The van der Waals surface area contributed by atoms with E-state index in [0.29, 0.717) is 0 Å². The molecule has 3 rings (SSSR count). The summed E-state index contributed by atoms with van der Waals surface area (Å²) in [5, 5.41) is 2.45. The van der Waals surface area contributed by atoms with E-state index in [9.17, 15) is 0 Å². The molecular weight excluding hydrogens is 184 g/mol. The largest absolute Gasteiger partial charge is 0.457 e. The Hall–Kier alpha value is -2.02. The van der Waals surface area contributed by atoms with Crippen LogP contribution in [0.15, 0.2) is 48.5 Å². The molecule has 0 radical (unpaired) electrons. The second-order valence-electron chi connectivity index (χ2n) is 3.51. The molecule has 2 aromatic carbocycles. The molecule has 1 aliphatic rings. The van der Waals surface area contributed by atoms with Crippen molar-refractivity contribution < 1.29 is 4.74 Å². The molecule has 0 heterocycles. The molecule has 0 spiro atoms.